The fourth-order valence-corrected chi connectivity index (χ4v) is 1.78. The SMILES string of the molecule is CSc1ccc(OC(F)(F)F)c(CC(C)=O)c1. The molecule has 0 spiro atoms. The molecule has 1 aromatic rings. The monoisotopic (exact) mass is 264 g/mol. The van der Waals surface area contributed by atoms with Gasteiger partial charge in [-0.05, 0) is 31.4 Å². The van der Waals surface area contributed by atoms with E-state index in [-0.39, 0.29) is 23.5 Å². The minimum Gasteiger partial charge on any atom is -0.405 e. The van der Waals surface area contributed by atoms with E-state index >= 15 is 0 Å². The lowest BCUT2D eigenvalue weighted by molar-refractivity contribution is -0.274. The van der Waals surface area contributed by atoms with Gasteiger partial charge < -0.3 is 4.74 Å². The number of ketones is 1. The maximum atomic E-state index is 12.1. The average Bonchev–Trinajstić information content (AvgIpc) is 2.17. The van der Waals surface area contributed by atoms with Crippen LogP contribution in [0.15, 0.2) is 23.1 Å². The molecular weight excluding hydrogens is 253 g/mol. The minimum atomic E-state index is -4.74. The van der Waals surface area contributed by atoms with Crippen LogP contribution in [0.1, 0.15) is 12.5 Å². The van der Waals surface area contributed by atoms with Crippen LogP contribution < -0.4 is 4.74 Å². The Morgan fingerprint density at radius 1 is 1.41 bits per heavy atom. The second-order valence-electron chi connectivity index (χ2n) is 3.40. The number of carbonyl (C=O) groups is 1. The van der Waals surface area contributed by atoms with Crippen molar-refractivity contribution in [2.45, 2.75) is 24.6 Å². The van der Waals surface area contributed by atoms with Gasteiger partial charge in [-0.2, -0.15) is 0 Å². The number of benzene rings is 1. The smallest absolute Gasteiger partial charge is 0.405 e. The van der Waals surface area contributed by atoms with Gasteiger partial charge in [0.1, 0.15) is 11.5 Å². The van der Waals surface area contributed by atoms with Crippen LogP contribution in [0.5, 0.6) is 5.75 Å². The third kappa shape index (κ3) is 4.68. The lowest BCUT2D eigenvalue weighted by Crippen LogP contribution is -2.18. The number of thioether (sulfide) groups is 1. The van der Waals surface area contributed by atoms with Gasteiger partial charge in [0.25, 0.3) is 0 Å². The first-order valence-electron chi connectivity index (χ1n) is 4.74. The van der Waals surface area contributed by atoms with Gasteiger partial charge in [-0.25, -0.2) is 0 Å². The summed E-state index contributed by atoms with van der Waals surface area (Å²) in [5, 5.41) is 0. The van der Waals surface area contributed by atoms with Crippen LogP contribution in [-0.4, -0.2) is 18.4 Å². The largest absolute Gasteiger partial charge is 0.573 e. The molecule has 0 unspecified atom stereocenters. The molecule has 0 atom stereocenters. The van der Waals surface area contributed by atoms with Crippen molar-refractivity contribution in [3.8, 4) is 5.75 Å². The Balaban J connectivity index is 3.06. The van der Waals surface area contributed by atoms with Crippen molar-refractivity contribution in [2.75, 3.05) is 6.26 Å². The molecule has 2 nitrogen and oxygen atoms in total. The van der Waals surface area contributed by atoms with Gasteiger partial charge in [-0.15, -0.1) is 24.9 Å². The Morgan fingerprint density at radius 2 is 2.06 bits per heavy atom. The van der Waals surface area contributed by atoms with Gasteiger partial charge in [-0.1, -0.05) is 0 Å². The second-order valence-corrected chi connectivity index (χ2v) is 4.28. The first-order valence-corrected chi connectivity index (χ1v) is 5.96. The highest BCUT2D eigenvalue weighted by Crippen LogP contribution is 2.30. The van der Waals surface area contributed by atoms with Crippen molar-refractivity contribution in [3.63, 3.8) is 0 Å². The molecule has 94 valence electrons. The molecule has 0 saturated heterocycles. The zero-order valence-corrected chi connectivity index (χ0v) is 10.1. The summed E-state index contributed by atoms with van der Waals surface area (Å²) in [7, 11) is 0. The topological polar surface area (TPSA) is 26.3 Å². The van der Waals surface area contributed by atoms with E-state index in [0.29, 0.717) is 0 Å². The van der Waals surface area contributed by atoms with Gasteiger partial charge in [0, 0.05) is 16.9 Å². The van der Waals surface area contributed by atoms with E-state index in [9.17, 15) is 18.0 Å². The van der Waals surface area contributed by atoms with Crippen molar-refractivity contribution in [2.24, 2.45) is 0 Å². The number of Topliss-reactive ketones (excluding diaryl/α,β-unsaturated/α-hetero) is 1. The fourth-order valence-electron chi connectivity index (χ4n) is 1.31. The van der Waals surface area contributed by atoms with Gasteiger partial charge >= 0.3 is 6.36 Å². The molecular formula is C11H11F3O2S. The molecule has 0 N–H and O–H groups in total. The minimum absolute atomic E-state index is 0.0696. The number of hydrogen-bond donors (Lipinski definition) is 0. The summed E-state index contributed by atoms with van der Waals surface area (Å²) in [6.07, 6.45) is -3.01. The molecule has 0 aliphatic rings. The van der Waals surface area contributed by atoms with Gasteiger partial charge in [0.2, 0.25) is 0 Å². The first-order chi connectivity index (χ1) is 7.81. The summed E-state index contributed by atoms with van der Waals surface area (Å²) >= 11 is 1.39. The number of alkyl halides is 3. The molecule has 1 rings (SSSR count). The molecule has 1 aromatic carbocycles. The average molecular weight is 264 g/mol. The zero-order valence-electron chi connectivity index (χ0n) is 9.30. The van der Waals surface area contributed by atoms with E-state index in [1.165, 1.54) is 36.9 Å². The molecule has 17 heavy (non-hydrogen) atoms. The van der Waals surface area contributed by atoms with E-state index < -0.39 is 6.36 Å². The van der Waals surface area contributed by atoms with Crippen LogP contribution in [0.4, 0.5) is 13.2 Å². The molecule has 0 aliphatic heterocycles. The third-order valence-electron chi connectivity index (χ3n) is 1.93. The van der Waals surface area contributed by atoms with Gasteiger partial charge in [0.15, 0.2) is 0 Å². The normalized spacial score (nSPS) is 11.4. The van der Waals surface area contributed by atoms with Crippen molar-refractivity contribution < 1.29 is 22.7 Å². The maximum Gasteiger partial charge on any atom is 0.573 e. The van der Waals surface area contributed by atoms with Crippen LogP contribution in [0.3, 0.4) is 0 Å². The molecule has 0 saturated carbocycles. The summed E-state index contributed by atoms with van der Waals surface area (Å²) in [5.41, 5.74) is 0.252. The summed E-state index contributed by atoms with van der Waals surface area (Å²) in [5.74, 6) is -0.527. The molecule has 0 bridgehead atoms. The number of carbonyl (C=O) groups excluding carboxylic acids is 1. The Morgan fingerprint density at radius 3 is 2.53 bits per heavy atom. The molecule has 0 fully saturated rings. The highest BCUT2D eigenvalue weighted by molar-refractivity contribution is 7.98. The van der Waals surface area contributed by atoms with Crippen molar-refractivity contribution in [3.05, 3.63) is 23.8 Å². The van der Waals surface area contributed by atoms with Crippen LogP contribution in [0.2, 0.25) is 0 Å². The Labute approximate surface area is 101 Å². The van der Waals surface area contributed by atoms with Crippen molar-refractivity contribution in [1.82, 2.24) is 0 Å². The predicted molar refractivity (Wildman–Crippen MR) is 59.3 cm³/mol. The second kappa shape index (κ2) is 5.44. The Bertz CT molecular complexity index is 416. The summed E-state index contributed by atoms with van der Waals surface area (Å²) in [4.78, 5) is 11.8. The third-order valence-corrected chi connectivity index (χ3v) is 2.66. The fraction of sp³-hybridized carbons (Fsp3) is 0.364. The van der Waals surface area contributed by atoms with Crippen LogP contribution in [0.25, 0.3) is 0 Å². The molecule has 0 aliphatic carbocycles. The van der Waals surface area contributed by atoms with Crippen LogP contribution in [-0.2, 0) is 11.2 Å². The van der Waals surface area contributed by atoms with Gasteiger partial charge in [0.05, 0.1) is 0 Å². The first kappa shape index (κ1) is 13.9. The summed E-state index contributed by atoms with van der Waals surface area (Å²) < 4.78 is 40.3. The molecule has 0 radical (unpaired) electrons. The van der Waals surface area contributed by atoms with Crippen molar-refractivity contribution >= 4 is 17.5 Å². The lowest BCUT2D eigenvalue weighted by Gasteiger charge is -2.13. The van der Waals surface area contributed by atoms with Crippen LogP contribution in [0, 0.1) is 0 Å². The van der Waals surface area contributed by atoms with Gasteiger partial charge in [-0.3, -0.25) is 4.79 Å². The van der Waals surface area contributed by atoms with E-state index in [1.807, 2.05) is 0 Å². The van der Waals surface area contributed by atoms with E-state index in [4.69, 9.17) is 0 Å². The molecule has 6 heteroatoms. The number of halogens is 3. The number of ether oxygens (including phenoxy) is 1. The van der Waals surface area contributed by atoms with Crippen LogP contribution >= 0.6 is 11.8 Å². The Kier molecular flexibility index (Phi) is 4.45. The standard InChI is InChI=1S/C11H11F3O2S/c1-7(15)5-8-6-9(17-2)3-4-10(8)16-11(12,13)14/h3-4,6H,5H2,1-2H3. The molecule has 0 heterocycles. The molecule has 0 amide bonds. The highest BCUT2D eigenvalue weighted by atomic mass is 32.2. The maximum absolute atomic E-state index is 12.1. The molecule has 0 aromatic heterocycles. The summed E-state index contributed by atoms with van der Waals surface area (Å²) in [6.45, 7) is 1.32. The highest BCUT2D eigenvalue weighted by Gasteiger charge is 2.32. The Hall–Kier alpha value is -1.17. The van der Waals surface area contributed by atoms with E-state index in [2.05, 4.69) is 4.74 Å². The summed E-state index contributed by atoms with van der Waals surface area (Å²) in [6, 6.07) is 4.29. The predicted octanol–water partition coefficient (Wildman–Crippen LogP) is 3.44. The number of rotatable bonds is 4. The van der Waals surface area contributed by atoms with E-state index in [1.54, 1.807) is 6.26 Å². The zero-order chi connectivity index (χ0) is 13.1. The number of hydrogen-bond acceptors (Lipinski definition) is 3. The lowest BCUT2D eigenvalue weighted by atomic mass is 10.1. The quantitative estimate of drug-likeness (QED) is 0.779. The van der Waals surface area contributed by atoms with Crippen molar-refractivity contribution in [1.29, 1.82) is 0 Å². The van der Waals surface area contributed by atoms with E-state index in [0.717, 1.165) is 4.90 Å².